The van der Waals surface area contributed by atoms with E-state index >= 15 is 0 Å². The third kappa shape index (κ3) is 2.43. The average Bonchev–Trinajstić information content (AvgIpc) is 1.86. The Morgan fingerprint density at radius 1 is 1.45 bits per heavy atom. The van der Waals surface area contributed by atoms with Crippen LogP contribution in [0.2, 0.25) is 0 Å². The van der Waals surface area contributed by atoms with Gasteiger partial charge in [0.25, 0.3) is 0 Å². The highest BCUT2D eigenvalue weighted by Gasteiger charge is 2.28. The Kier molecular flexibility index (Phi) is 2.52. The van der Waals surface area contributed by atoms with E-state index < -0.39 is 0 Å². The number of nitrogens with two attached hydrogens (primary N) is 1. The first-order valence-corrected chi connectivity index (χ1v) is 4.11. The second-order valence-electron chi connectivity index (χ2n) is 4.20. The second kappa shape index (κ2) is 3.09. The van der Waals surface area contributed by atoms with Gasteiger partial charge in [-0.3, -0.25) is 0 Å². The van der Waals surface area contributed by atoms with Crippen LogP contribution in [0.1, 0.15) is 20.8 Å². The average molecular weight is 158 g/mol. The maximum absolute atomic E-state index is 5.56. The third-order valence-corrected chi connectivity index (χ3v) is 2.09. The Labute approximate surface area is 68.3 Å². The van der Waals surface area contributed by atoms with Crippen LogP contribution in [0, 0.1) is 5.41 Å². The zero-order valence-electron chi connectivity index (χ0n) is 7.55. The van der Waals surface area contributed by atoms with E-state index in [9.17, 15) is 0 Å². The molecule has 0 aromatic carbocycles. The van der Waals surface area contributed by atoms with E-state index in [4.69, 9.17) is 10.5 Å². The topological polar surface area (TPSA) is 47.3 Å². The van der Waals surface area contributed by atoms with Crippen LogP contribution in [0.25, 0.3) is 0 Å². The van der Waals surface area contributed by atoms with E-state index in [0.29, 0.717) is 6.04 Å². The molecular weight excluding hydrogens is 140 g/mol. The molecule has 1 fully saturated rings. The van der Waals surface area contributed by atoms with E-state index in [1.165, 1.54) is 0 Å². The summed E-state index contributed by atoms with van der Waals surface area (Å²) >= 11 is 0. The van der Waals surface area contributed by atoms with Crippen molar-refractivity contribution in [2.75, 3.05) is 13.2 Å². The number of rotatable bonds is 0. The van der Waals surface area contributed by atoms with Crippen molar-refractivity contribution in [2.24, 2.45) is 11.1 Å². The van der Waals surface area contributed by atoms with Crippen LogP contribution in [0.3, 0.4) is 0 Å². The Balaban J connectivity index is 2.39. The molecule has 1 rings (SSSR count). The lowest BCUT2D eigenvalue weighted by Crippen LogP contribution is -2.54. The van der Waals surface area contributed by atoms with Crippen LogP contribution in [-0.2, 0) is 4.74 Å². The molecule has 1 saturated heterocycles. The van der Waals surface area contributed by atoms with Gasteiger partial charge in [0, 0.05) is 12.6 Å². The molecule has 2 unspecified atom stereocenters. The van der Waals surface area contributed by atoms with E-state index in [1.54, 1.807) is 0 Å². The van der Waals surface area contributed by atoms with Crippen LogP contribution in [0.15, 0.2) is 0 Å². The number of nitrogens with one attached hydrogen (secondary N) is 1. The second-order valence-corrected chi connectivity index (χ2v) is 4.20. The number of morpholine rings is 1. The summed E-state index contributed by atoms with van der Waals surface area (Å²) in [4.78, 5) is 0. The molecule has 1 heterocycles. The molecule has 0 saturated carbocycles. The molecule has 0 aromatic rings. The lowest BCUT2D eigenvalue weighted by molar-refractivity contribution is -0.0174. The molecule has 0 aliphatic carbocycles. The summed E-state index contributed by atoms with van der Waals surface area (Å²) in [5.41, 5.74) is 5.82. The lowest BCUT2D eigenvalue weighted by Gasteiger charge is -2.36. The number of ether oxygens (including phenoxy) is 1. The van der Waals surface area contributed by atoms with Crippen molar-refractivity contribution < 1.29 is 4.74 Å². The summed E-state index contributed by atoms with van der Waals surface area (Å²) in [5.74, 6) is 0. The zero-order chi connectivity index (χ0) is 8.48. The van der Waals surface area contributed by atoms with Crippen molar-refractivity contribution in [1.82, 2.24) is 5.32 Å². The molecular formula is C8H18N2O. The quantitative estimate of drug-likeness (QED) is 0.533. The minimum absolute atomic E-state index is 0.117. The van der Waals surface area contributed by atoms with Crippen LogP contribution in [-0.4, -0.2) is 25.4 Å². The van der Waals surface area contributed by atoms with Gasteiger partial charge in [-0.1, -0.05) is 20.8 Å². The molecule has 3 nitrogen and oxygen atoms in total. The smallest absolute Gasteiger partial charge is 0.118 e. The van der Waals surface area contributed by atoms with Gasteiger partial charge in [0.05, 0.1) is 6.61 Å². The normalized spacial score (nSPS) is 33.8. The predicted octanol–water partition coefficient (Wildman–Crippen LogP) is 0.306. The Hall–Kier alpha value is -0.120. The largest absolute Gasteiger partial charge is 0.361 e. The van der Waals surface area contributed by atoms with Gasteiger partial charge >= 0.3 is 0 Å². The minimum Gasteiger partial charge on any atom is -0.361 e. The molecule has 0 amide bonds. The van der Waals surface area contributed by atoms with Crippen molar-refractivity contribution in [1.29, 1.82) is 0 Å². The van der Waals surface area contributed by atoms with Gasteiger partial charge in [-0.05, 0) is 5.41 Å². The van der Waals surface area contributed by atoms with Gasteiger partial charge in [0.1, 0.15) is 6.23 Å². The first-order chi connectivity index (χ1) is 5.00. The summed E-state index contributed by atoms with van der Waals surface area (Å²) in [6.07, 6.45) is -0.117. The fourth-order valence-electron chi connectivity index (χ4n) is 1.15. The van der Waals surface area contributed by atoms with Crippen LogP contribution < -0.4 is 11.1 Å². The predicted molar refractivity (Wildman–Crippen MR) is 45.2 cm³/mol. The van der Waals surface area contributed by atoms with Crippen molar-refractivity contribution in [2.45, 2.75) is 33.0 Å². The van der Waals surface area contributed by atoms with E-state index in [0.717, 1.165) is 13.2 Å². The van der Waals surface area contributed by atoms with Gasteiger partial charge in [0.2, 0.25) is 0 Å². The summed E-state index contributed by atoms with van der Waals surface area (Å²) in [6.45, 7) is 8.09. The SMILES string of the molecule is CC(C)(C)C1COC(N)CN1. The molecule has 11 heavy (non-hydrogen) atoms. The summed E-state index contributed by atoms with van der Waals surface area (Å²) in [5, 5.41) is 3.36. The van der Waals surface area contributed by atoms with Crippen molar-refractivity contribution >= 4 is 0 Å². The Morgan fingerprint density at radius 2 is 2.09 bits per heavy atom. The fraction of sp³-hybridized carbons (Fsp3) is 1.00. The maximum Gasteiger partial charge on any atom is 0.118 e. The van der Waals surface area contributed by atoms with E-state index in [-0.39, 0.29) is 11.6 Å². The van der Waals surface area contributed by atoms with E-state index in [2.05, 4.69) is 26.1 Å². The molecule has 0 radical (unpaired) electrons. The van der Waals surface area contributed by atoms with E-state index in [1.807, 2.05) is 0 Å². The summed E-state index contributed by atoms with van der Waals surface area (Å²) in [6, 6.07) is 0.433. The minimum atomic E-state index is -0.117. The Morgan fingerprint density at radius 3 is 2.45 bits per heavy atom. The zero-order valence-corrected chi connectivity index (χ0v) is 7.55. The lowest BCUT2D eigenvalue weighted by atomic mass is 9.87. The number of hydrogen-bond acceptors (Lipinski definition) is 3. The molecule has 1 aliphatic heterocycles. The molecule has 0 aromatic heterocycles. The molecule has 2 atom stereocenters. The highest BCUT2D eigenvalue weighted by molar-refractivity contribution is 4.83. The Bertz CT molecular complexity index is 123. The van der Waals surface area contributed by atoms with Gasteiger partial charge in [0.15, 0.2) is 0 Å². The summed E-state index contributed by atoms with van der Waals surface area (Å²) < 4.78 is 5.33. The van der Waals surface area contributed by atoms with Crippen molar-refractivity contribution in [3.63, 3.8) is 0 Å². The molecule has 0 bridgehead atoms. The van der Waals surface area contributed by atoms with Gasteiger partial charge in [-0.25, -0.2) is 0 Å². The van der Waals surface area contributed by atoms with Crippen LogP contribution in [0.5, 0.6) is 0 Å². The highest BCUT2D eigenvalue weighted by atomic mass is 16.5. The molecule has 0 spiro atoms. The van der Waals surface area contributed by atoms with Crippen LogP contribution >= 0.6 is 0 Å². The third-order valence-electron chi connectivity index (χ3n) is 2.09. The number of hydrogen-bond donors (Lipinski definition) is 2. The van der Waals surface area contributed by atoms with Crippen LogP contribution in [0.4, 0.5) is 0 Å². The summed E-state index contributed by atoms with van der Waals surface area (Å²) in [7, 11) is 0. The monoisotopic (exact) mass is 158 g/mol. The van der Waals surface area contributed by atoms with Crippen molar-refractivity contribution in [3.05, 3.63) is 0 Å². The van der Waals surface area contributed by atoms with Gasteiger partial charge < -0.3 is 15.8 Å². The van der Waals surface area contributed by atoms with Crippen molar-refractivity contribution in [3.8, 4) is 0 Å². The maximum atomic E-state index is 5.56. The first kappa shape index (κ1) is 8.97. The highest BCUT2D eigenvalue weighted by Crippen LogP contribution is 2.21. The first-order valence-electron chi connectivity index (χ1n) is 4.11. The fourth-order valence-corrected chi connectivity index (χ4v) is 1.15. The molecule has 66 valence electrons. The molecule has 1 aliphatic rings. The standard InChI is InChI=1S/C8H18N2O/c1-8(2,3)6-5-11-7(9)4-10-6/h6-7,10H,4-5,9H2,1-3H3. The van der Waals surface area contributed by atoms with Gasteiger partial charge in [-0.2, -0.15) is 0 Å². The van der Waals surface area contributed by atoms with Gasteiger partial charge in [-0.15, -0.1) is 0 Å². The molecule has 3 N–H and O–H groups in total. The molecule has 3 heteroatoms.